The van der Waals surface area contributed by atoms with Crippen LogP contribution < -0.4 is 0 Å². The lowest BCUT2D eigenvalue weighted by molar-refractivity contribution is -0.147. The van der Waals surface area contributed by atoms with Gasteiger partial charge in [0.15, 0.2) is 0 Å². The lowest BCUT2D eigenvalue weighted by Gasteiger charge is -2.25. The van der Waals surface area contributed by atoms with E-state index in [2.05, 4.69) is 13.8 Å². The highest BCUT2D eigenvalue weighted by atomic mass is 16.5. The summed E-state index contributed by atoms with van der Waals surface area (Å²) in [7, 11) is 1.50. The average Bonchev–Trinajstić information content (AvgIpc) is 2.54. The topological polar surface area (TPSA) is 26.3 Å². The van der Waals surface area contributed by atoms with E-state index in [9.17, 15) is 4.79 Å². The molecule has 13 heavy (non-hydrogen) atoms. The molecule has 2 fully saturated rings. The third kappa shape index (κ3) is 1.11. The fraction of sp³-hybridized carbons (Fsp3) is 0.909. The molecule has 0 N–H and O–H groups in total. The van der Waals surface area contributed by atoms with Gasteiger partial charge in [0.05, 0.1) is 13.0 Å². The minimum Gasteiger partial charge on any atom is -0.469 e. The molecule has 0 aromatic rings. The standard InChI is InChI=1S/C11H18O2/c1-11(2)7-4-5-9(11)8(6-7)10(12)13-3/h7-9H,4-6H2,1-3H3/t7-,8-,9+/m0/s1. The van der Waals surface area contributed by atoms with Crippen LogP contribution in [0, 0.1) is 23.2 Å². The Morgan fingerprint density at radius 2 is 2.08 bits per heavy atom. The first kappa shape index (κ1) is 9.04. The number of carbonyl (C=O) groups is 1. The fourth-order valence-corrected chi connectivity index (χ4v) is 3.45. The Kier molecular flexibility index (Phi) is 1.90. The largest absolute Gasteiger partial charge is 0.469 e. The molecule has 0 radical (unpaired) electrons. The monoisotopic (exact) mass is 182 g/mol. The third-order valence-corrected chi connectivity index (χ3v) is 4.36. The summed E-state index contributed by atoms with van der Waals surface area (Å²) in [5.41, 5.74) is 0.374. The highest BCUT2D eigenvalue weighted by molar-refractivity contribution is 5.73. The summed E-state index contributed by atoms with van der Waals surface area (Å²) < 4.78 is 4.84. The molecule has 2 bridgehead atoms. The molecule has 0 unspecified atom stereocenters. The van der Waals surface area contributed by atoms with Gasteiger partial charge in [0, 0.05) is 0 Å². The van der Waals surface area contributed by atoms with Crippen molar-refractivity contribution in [2.75, 3.05) is 7.11 Å². The lowest BCUT2D eigenvalue weighted by atomic mass is 9.80. The molecule has 0 saturated heterocycles. The number of methoxy groups -OCH3 is 1. The van der Waals surface area contributed by atoms with Crippen LogP contribution in [-0.2, 0) is 9.53 Å². The minimum atomic E-state index is 0.0141. The van der Waals surface area contributed by atoms with Gasteiger partial charge in [-0.15, -0.1) is 0 Å². The first-order valence-corrected chi connectivity index (χ1v) is 5.15. The van der Waals surface area contributed by atoms with Crippen LogP contribution >= 0.6 is 0 Å². The number of ether oxygens (including phenoxy) is 1. The molecule has 2 aliphatic rings. The predicted molar refractivity (Wildman–Crippen MR) is 50.1 cm³/mol. The Morgan fingerprint density at radius 1 is 1.38 bits per heavy atom. The highest BCUT2D eigenvalue weighted by Gasteiger charge is 2.55. The number of carbonyl (C=O) groups excluding carboxylic acids is 1. The van der Waals surface area contributed by atoms with Crippen molar-refractivity contribution in [2.45, 2.75) is 33.1 Å². The van der Waals surface area contributed by atoms with Gasteiger partial charge in [-0.05, 0) is 36.5 Å². The van der Waals surface area contributed by atoms with Crippen LogP contribution in [0.3, 0.4) is 0 Å². The molecule has 2 rings (SSSR count). The smallest absolute Gasteiger partial charge is 0.308 e. The van der Waals surface area contributed by atoms with Crippen molar-refractivity contribution in [1.29, 1.82) is 0 Å². The zero-order valence-electron chi connectivity index (χ0n) is 8.67. The molecule has 2 saturated carbocycles. The maximum absolute atomic E-state index is 11.5. The summed E-state index contributed by atoms with van der Waals surface area (Å²) in [5, 5.41) is 0. The molecule has 0 aromatic carbocycles. The van der Waals surface area contributed by atoms with E-state index >= 15 is 0 Å². The van der Waals surface area contributed by atoms with Gasteiger partial charge in [-0.2, -0.15) is 0 Å². The van der Waals surface area contributed by atoms with Gasteiger partial charge in [0.1, 0.15) is 0 Å². The molecule has 74 valence electrons. The SMILES string of the molecule is COC(=O)[C@H]1C[C@@H]2CC[C@H]1C2(C)C. The van der Waals surface area contributed by atoms with Crippen LogP contribution in [0.15, 0.2) is 0 Å². The van der Waals surface area contributed by atoms with Crippen LogP contribution in [-0.4, -0.2) is 13.1 Å². The number of rotatable bonds is 1. The average molecular weight is 182 g/mol. The van der Waals surface area contributed by atoms with Gasteiger partial charge in [-0.1, -0.05) is 13.8 Å². The van der Waals surface area contributed by atoms with E-state index in [-0.39, 0.29) is 11.9 Å². The predicted octanol–water partition coefficient (Wildman–Crippen LogP) is 2.23. The summed E-state index contributed by atoms with van der Waals surface area (Å²) in [6.45, 7) is 4.61. The molecule has 0 amide bonds. The second-order valence-electron chi connectivity index (χ2n) is 5.07. The maximum atomic E-state index is 11.5. The van der Waals surface area contributed by atoms with Crippen molar-refractivity contribution in [3.05, 3.63) is 0 Å². The third-order valence-electron chi connectivity index (χ3n) is 4.36. The van der Waals surface area contributed by atoms with Gasteiger partial charge in [-0.3, -0.25) is 4.79 Å². The van der Waals surface area contributed by atoms with E-state index in [1.807, 2.05) is 0 Å². The summed E-state index contributed by atoms with van der Waals surface area (Å²) >= 11 is 0. The van der Waals surface area contributed by atoms with Gasteiger partial charge < -0.3 is 4.74 Å². The van der Waals surface area contributed by atoms with Crippen LogP contribution in [0.4, 0.5) is 0 Å². The first-order valence-electron chi connectivity index (χ1n) is 5.15. The Bertz CT molecular complexity index is 232. The van der Waals surface area contributed by atoms with E-state index in [1.54, 1.807) is 0 Å². The maximum Gasteiger partial charge on any atom is 0.308 e. The van der Waals surface area contributed by atoms with Gasteiger partial charge in [0.25, 0.3) is 0 Å². The molecule has 0 aliphatic heterocycles. The number of esters is 1. The molecule has 2 aliphatic carbocycles. The first-order chi connectivity index (χ1) is 6.07. The molecule has 0 heterocycles. The van der Waals surface area contributed by atoms with Crippen molar-refractivity contribution in [3.63, 3.8) is 0 Å². The van der Waals surface area contributed by atoms with E-state index in [1.165, 1.54) is 20.0 Å². The molecule has 0 aromatic heterocycles. The van der Waals surface area contributed by atoms with Gasteiger partial charge in [0.2, 0.25) is 0 Å². The van der Waals surface area contributed by atoms with Crippen LogP contribution in [0.1, 0.15) is 33.1 Å². The van der Waals surface area contributed by atoms with Crippen molar-refractivity contribution in [1.82, 2.24) is 0 Å². The molecule has 2 heteroatoms. The van der Waals surface area contributed by atoms with Crippen molar-refractivity contribution in [2.24, 2.45) is 23.2 Å². The van der Waals surface area contributed by atoms with Crippen LogP contribution in [0.25, 0.3) is 0 Å². The lowest BCUT2D eigenvalue weighted by Crippen LogP contribution is -2.25. The second-order valence-corrected chi connectivity index (χ2v) is 5.07. The number of hydrogen-bond donors (Lipinski definition) is 0. The van der Waals surface area contributed by atoms with Gasteiger partial charge in [-0.25, -0.2) is 0 Å². The van der Waals surface area contributed by atoms with E-state index in [0.717, 1.165) is 12.3 Å². The molecular weight excluding hydrogens is 164 g/mol. The van der Waals surface area contributed by atoms with Crippen molar-refractivity contribution in [3.8, 4) is 0 Å². The summed E-state index contributed by atoms with van der Waals surface area (Å²) in [6, 6.07) is 0. The Morgan fingerprint density at radius 3 is 2.46 bits per heavy atom. The van der Waals surface area contributed by atoms with Gasteiger partial charge >= 0.3 is 5.97 Å². The van der Waals surface area contributed by atoms with E-state index < -0.39 is 0 Å². The van der Waals surface area contributed by atoms with Crippen LogP contribution in [0.5, 0.6) is 0 Å². The quantitative estimate of drug-likeness (QED) is 0.581. The zero-order valence-corrected chi connectivity index (χ0v) is 8.67. The Hall–Kier alpha value is -0.530. The number of hydrogen-bond acceptors (Lipinski definition) is 2. The molecule has 0 spiro atoms. The van der Waals surface area contributed by atoms with Crippen LogP contribution in [0.2, 0.25) is 0 Å². The Labute approximate surface area is 79.7 Å². The highest BCUT2D eigenvalue weighted by Crippen LogP contribution is 2.60. The summed E-state index contributed by atoms with van der Waals surface area (Å²) in [4.78, 5) is 11.5. The van der Waals surface area contributed by atoms with Crippen molar-refractivity contribution < 1.29 is 9.53 Å². The number of fused-ring (bicyclic) bond motifs is 2. The van der Waals surface area contributed by atoms with E-state index in [4.69, 9.17) is 4.74 Å². The second kappa shape index (κ2) is 2.73. The van der Waals surface area contributed by atoms with E-state index in [0.29, 0.717) is 11.3 Å². The fourth-order valence-electron chi connectivity index (χ4n) is 3.45. The normalized spacial score (nSPS) is 40.7. The summed E-state index contributed by atoms with van der Waals surface area (Å²) in [6.07, 6.45) is 3.59. The summed E-state index contributed by atoms with van der Waals surface area (Å²) in [5.74, 6) is 1.53. The Balaban J connectivity index is 2.17. The van der Waals surface area contributed by atoms with Crippen molar-refractivity contribution >= 4 is 5.97 Å². The molecule has 3 atom stereocenters. The molecular formula is C11H18O2. The zero-order chi connectivity index (χ0) is 9.64. The minimum absolute atomic E-state index is 0.0141. The molecule has 2 nitrogen and oxygen atoms in total.